The van der Waals surface area contributed by atoms with E-state index in [0.29, 0.717) is 31.2 Å². The maximum atomic E-state index is 12.0. The highest BCUT2D eigenvalue weighted by Gasteiger charge is 2.27. The third-order valence-corrected chi connectivity index (χ3v) is 5.80. The van der Waals surface area contributed by atoms with Crippen molar-refractivity contribution < 1.29 is 9.90 Å². The van der Waals surface area contributed by atoms with Crippen molar-refractivity contribution in [2.75, 3.05) is 18.5 Å². The third kappa shape index (κ3) is 5.04. The van der Waals surface area contributed by atoms with Gasteiger partial charge in [-0.15, -0.1) is 24.8 Å². The molecule has 2 atom stereocenters. The van der Waals surface area contributed by atoms with E-state index in [9.17, 15) is 9.90 Å². The van der Waals surface area contributed by atoms with Crippen LogP contribution in [0.1, 0.15) is 42.0 Å². The van der Waals surface area contributed by atoms with Gasteiger partial charge < -0.3 is 20.6 Å². The Balaban J connectivity index is 0.00000150. The van der Waals surface area contributed by atoms with Crippen molar-refractivity contribution >= 4 is 36.4 Å². The summed E-state index contributed by atoms with van der Waals surface area (Å²) >= 11 is 0. The smallest absolute Gasteiger partial charge is 0.227 e. The number of hydrogen-bond donors (Lipinski definition) is 3. The van der Waals surface area contributed by atoms with Crippen LogP contribution in [0.5, 0.6) is 5.75 Å². The number of rotatable bonds is 4. The Kier molecular flexibility index (Phi) is 8.34. The summed E-state index contributed by atoms with van der Waals surface area (Å²) in [5.74, 6) is 0.441. The molecule has 1 saturated heterocycles. The van der Waals surface area contributed by atoms with Crippen molar-refractivity contribution in [2.45, 2.75) is 44.3 Å². The Morgan fingerprint density at radius 3 is 2.69 bits per heavy atom. The van der Waals surface area contributed by atoms with Crippen LogP contribution < -0.4 is 15.5 Å². The Morgan fingerprint density at radius 2 is 1.93 bits per heavy atom. The van der Waals surface area contributed by atoms with Crippen LogP contribution in [0.4, 0.5) is 5.69 Å². The lowest BCUT2D eigenvalue weighted by molar-refractivity contribution is -0.118. The van der Waals surface area contributed by atoms with Gasteiger partial charge in [0.05, 0.1) is 0 Å². The third-order valence-electron chi connectivity index (χ3n) is 5.80. The van der Waals surface area contributed by atoms with E-state index in [1.165, 1.54) is 5.56 Å². The molecule has 0 unspecified atom stereocenters. The van der Waals surface area contributed by atoms with Gasteiger partial charge in [0.25, 0.3) is 0 Å². The molecule has 1 amide bonds. The first-order valence-electron chi connectivity index (χ1n) is 9.76. The lowest BCUT2D eigenvalue weighted by Crippen LogP contribution is -2.45. The fourth-order valence-electron chi connectivity index (χ4n) is 4.22. The second-order valence-corrected chi connectivity index (χ2v) is 7.53. The Hall–Kier alpha value is -1.79. The summed E-state index contributed by atoms with van der Waals surface area (Å²) in [6.07, 6.45) is 3.43. The maximum absolute atomic E-state index is 12.0. The highest BCUT2D eigenvalue weighted by atomic mass is 35.5. The van der Waals surface area contributed by atoms with Gasteiger partial charge in [0.2, 0.25) is 5.91 Å². The molecule has 5 nitrogen and oxygen atoms in total. The highest BCUT2D eigenvalue weighted by Crippen LogP contribution is 2.33. The van der Waals surface area contributed by atoms with Crippen LogP contribution in [-0.4, -0.2) is 30.6 Å². The largest absolute Gasteiger partial charge is 0.508 e. The van der Waals surface area contributed by atoms with E-state index in [0.717, 1.165) is 36.2 Å². The zero-order chi connectivity index (χ0) is 18.8. The number of anilines is 1. The second-order valence-electron chi connectivity index (χ2n) is 7.53. The monoisotopic (exact) mass is 437 g/mol. The van der Waals surface area contributed by atoms with Crippen LogP contribution in [0.3, 0.4) is 0 Å². The molecule has 0 saturated carbocycles. The van der Waals surface area contributed by atoms with Crippen molar-refractivity contribution in [1.29, 1.82) is 0 Å². The Morgan fingerprint density at radius 1 is 1.17 bits per heavy atom. The Bertz CT molecular complexity index is 832. The van der Waals surface area contributed by atoms with Gasteiger partial charge in [-0.3, -0.25) is 4.79 Å². The number of benzene rings is 2. The molecular formula is C22H29Cl2N3O2. The summed E-state index contributed by atoms with van der Waals surface area (Å²) in [6, 6.07) is 14.9. The van der Waals surface area contributed by atoms with Crippen LogP contribution >= 0.6 is 24.8 Å². The lowest BCUT2D eigenvalue weighted by Gasteiger charge is -2.34. The number of piperidine rings is 1. The quantitative estimate of drug-likeness (QED) is 0.681. The van der Waals surface area contributed by atoms with Gasteiger partial charge in [0, 0.05) is 43.3 Å². The molecule has 2 aliphatic rings. The molecule has 2 aromatic rings. The number of fused-ring (bicyclic) bond motifs is 1. The number of aryl methyl sites for hydroxylation is 1. The van der Waals surface area contributed by atoms with Crippen molar-refractivity contribution in [1.82, 2.24) is 10.6 Å². The van der Waals surface area contributed by atoms with Crippen LogP contribution in [0, 0.1) is 0 Å². The number of halogens is 2. The van der Waals surface area contributed by atoms with Crippen molar-refractivity contribution in [2.24, 2.45) is 0 Å². The second kappa shape index (κ2) is 10.3. The first-order chi connectivity index (χ1) is 13.1. The van der Waals surface area contributed by atoms with Crippen molar-refractivity contribution in [3.05, 3.63) is 59.2 Å². The zero-order valence-corrected chi connectivity index (χ0v) is 18.2. The number of carbonyl (C=O) groups is 1. The minimum atomic E-state index is 0. The van der Waals surface area contributed by atoms with Crippen LogP contribution in [0.25, 0.3) is 0 Å². The minimum Gasteiger partial charge on any atom is -0.508 e. The molecule has 0 spiro atoms. The molecule has 2 aliphatic heterocycles. The highest BCUT2D eigenvalue weighted by molar-refractivity contribution is 5.96. The summed E-state index contributed by atoms with van der Waals surface area (Å²) in [7, 11) is 1.81. The minimum absolute atomic E-state index is 0. The molecule has 0 aromatic heterocycles. The maximum Gasteiger partial charge on any atom is 0.227 e. The standard InChI is InChI=1S/C22H27N3O2.2ClH/c1-25-19-12-17(20(26)13-16(19)9-10-21(25)27)14-24-18-8-5-11-23-22(18)15-6-3-2-4-7-15;;/h2-4,6-7,12-13,18,22-24,26H,5,8-11,14H2,1H3;2*1H/t18-,22-;;/m0../s1. The summed E-state index contributed by atoms with van der Waals surface area (Å²) in [6.45, 7) is 1.60. The molecule has 4 rings (SSSR count). The predicted octanol–water partition coefficient (Wildman–Crippen LogP) is 3.73. The first-order valence-corrected chi connectivity index (χ1v) is 9.76. The number of phenolic OH excluding ortho intramolecular Hbond substituents is 1. The van der Waals surface area contributed by atoms with Gasteiger partial charge in [0.1, 0.15) is 5.75 Å². The van der Waals surface area contributed by atoms with Crippen molar-refractivity contribution in [3.8, 4) is 5.75 Å². The Labute approximate surface area is 184 Å². The van der Waals surface area contributed by atoms with Crippen LogP contribution in [0.15, 0.2) is 42.5 Å². The summed E-state index contributed by atoms with van der Waals surface area (Å²) in [5, 5.41) is 17.7. The average molecular weight is 438 g/mol. The van der Waals surface area contributed by atoms with E-state index >= 15 is 0 Å². The molecule has 7 heteroatoms. The van der Waals surface area contributed by atoms with E-state index in [4.69, 9.17) is 0 Å². The molecule has 2 aromatic carbocycles. The SMILES string of the molecule is CN1C(=O)CCc2cc(O)c(CN[C@H]3CCCN[C@H]3c3ccccc3)cc21.Cl.Cl. The number of phenols is 1. The molecule has 2 heterocycles. The van der Waals surface area contributed by atoms with Gasteiger partial charge in [-0.1, -0.05) is 30.3 Å². The van der Waals surface area contributed by atoms with E-state index in [-0.39, 0.29) is 36.8 Å². The van der Waals surface area contributed by atoms with E-state index in [1.54, 1.807) is 4.90 Å². The molecule has 0 radical (unpaired) electrons. The van der Waals surface area contributed by atoms with Gasteiger partial charge in [-0.25, -0.2) is 0 Å². The van der Waals surface area contributed by atoms with Gasteiger partial charge >= 0.3 is 0 Å². The van der Waals surface area contributed by atoms with Gasteiger partial charge in [0.15, 0.2) is 0 Å². The fourth-order valence-corrected chi connectivity index (χ4v) is 4.22. The molecular weight excluding hydrogens is 409 g/mol. The molecule has 29 heavy (non-hydrogen) atoms. The number of carbonyl (C=O) groups excluding carboxylic acids is 1. The predicted molar refractivity (Wildman–Crippen MR) is 121 cm³/mol. The van der Waals surface area contributed by atoms with E-state index < -0.39 is 0 Å². The number of nitrogens with zero attached hydrogens (tertiary/aromatic N) is 1. The number of amides is 1. The molecule has 0 bridgehead atoms. The fraction of sp³-hybridized carbons (Fsp3) is 0.409. The molecule has 0 aliphatic carbocycles. The number of nitrogens with one attached hydrogen (secondary N) is 2. The number of aromatic hydroxyl groups is 1. The molecule has 3 N–H and O–H groups in total. The number of hydrogen-bond acceptors (Lipinski definition) is 4. The summed E-state index contributed by atoms with van der Waals surface area (Å²) in [4.78, 5) is 13.7. The average Bonchev–Trinajstić information content (AvgIpc) is 2.70. The topological polar surface area (TPSA) is 64.6 Å². The lowest BCUT2D eigenvalue weighted by atomic mass is 9.92. The van der Waals surface area contributed by atoms with Gasteiger partial charge in [-0.05, 0) is 49.1 Å². The first kappa shape index (κ1) is 23.5. The van der Waals surface area contributed by atoms with Crippen LogP contribution in [0.2, 0.25) is 0 Å². The van der Waals surface area contributed by atoms with E-state index in [2.05, 4.69) is 34.9 Å². The summed E-state index contributed by atoms with van der Waals surface area (Å²) < 4.78 is 0. The summed E-state index contributed by atoms with van der Waals surface area (Å²) in [5.41, 5.74) is 4.09. The van der Waals surface area contributed by atoms with Crippen molar-refractivity contribution in [3.63, 3.8) is 0 Å². The molecule has 158 valence electrons. The zero-order valence-electron chi connectivity index (χ0n) is 16.6. The van der Waals surface area contributed by atoms with Crippen LogP contribution in [-0.2, 0) is 17.8 Å². The van der Waals surface area contributed by atoms with Gasteiger partial charge in [-0.2, -0.15) is 0 Å². The normalized spacial score (nSPS) is 21.0. The molecule has 1 fully saturated rings. The van der Waals surface area contributed by atoms with E-state index in [1.807, 2.05) is 25.2 Å².